The Hall–Kier alpha value is -8.60. The second kappa shape index (κ2) is 19.3. The fraction of sp³-hybridized carbons (Fsp3) is 0.0667. The van der Waals surface area contributed by atoms with Gasteiger partial charge >= 0.3 is 11.9 Å². The summed E-state index contributed by atoms with van der Waals surface area (Å²) in [6.45, 7) is 8.45. The molecule has 7 aromatic carbocycles. The summed E-state index contributed by atoms with van der Waals surface area (Å²) in [6, 6.07) is 58.2. The summed E-state index contributed by atoms with van der Waals surface area (Å²) in [5.74, 6) is -2.53. The predicted octanol–water partition coefficient (Wildman–Crippen LogP) is 15.7. The van der Waals surface area contributed by atoms with E-state index in [1.165, 1.54) is 34.8 Å². The van der Waals surface area contributed by atoms with Crippen LogP contribution in [0, 0.1) is 50.4 Å². The fourth-order valence-electron chi connectivity index (χ4n) is 8.59. The molecule has 0 aliphatic rings. The number of aliphatic carboxylic acids is 2. The van der Waals surface area contributed by atoms with Gasteiger partial charge in [0.25, 0.3) is 0 Å². The Balaban J connectivity index is 1.27. The molecule has 2 heterocycles. The van der Waals surface area contributed by atoms with Crippen LogP contribution in [-0.2, 0) is 9.59 Å². The number of hydrogen-bond donors (Lipinski definition) is 2. The van der Waals surface area contributed by atoms with Gasteiger partial charge in [-0.2, -0.15) is 10.5 Å². The highest BCUT2D eigenvalue weighted by Crippen LogP contribution is 2.48. The molecule has 0 radical (unpaired) electrons. The number of benzene rings is 7. The van der Waals surface area contributed by atoms with Gasteiger partial charge in [-0.1, -0.05) is 97.1 Å². The third kappa shape index (κ3) is 9.26. The Bertz CT molecular complexity index is 3460. The summed E-state index contributed by atoms with van der Waals surface area (Å²) in [5.41, 5.74) is 13.1. The zero-order chi connectivity index (χ0) is 48.3. The lowest BCUT2D eigenvalue weighted by atomic mass is 9.93. The molecule has 2 N–H and O–H groups in total. The topological polar surface area (TPSA) is 125 Å². The first-order chi connectivity index (χ1) is 33.4. The molecule has 69 heavy (non-hydrogen) atoms. The van der Waals surface area contributed by atoms with E-state index < -0.39 is 11.9 Å². The van der Waals surface area contributed by atoms with E-state index in [1.807, 2.05) is 36.4 Å². The van der Waals surface area contributed by atoms with Crippen LogP contribution in [0.5, 0.6) is 0 Å². The average molecular weight is 934 g/mol. The average Bonchev–Trinajstić information content (AvgIpc) is 4.03. The molecule has 0 amide bonds. The van der Waals surface area contributed by atoms with Crippen molar-refractivity contribution in [2.45, 2.75) is 27.7 Å². The van der Waals surface area contributed by atoms with Crippen molar-refractivity contribution >= 4 is 97.0 Å². The zero-order valence-corrected chi connectivity index (χ0v) is 39.7. The highest BCUT2D eigenvalue weighted by atomic mass is 32.1. The third-order valence-electron chi connectivity index (χ3n) is 12.4. The van der Waals surface area contributed by atoms with Crippen molar-refractivity contribution < 1.29 is 19.8 Å². The number of nitriles is 2. The second-order valence-corrected chi connectivity index (χ2v) is 19.0. The van der Waals surface area contributed by atoms with Gasteiger partial charge in [-0.3, -0.25) is 0 Å². The number of hydrogen-bond acceptors (Lipinski definition) is 7. The van der Waals surface area contributed by atoms with Crippen molar-refractivity contribution in [3.8, 4) is 33.0 Å². The van der Waals surface area contributed by atoms with Crippen molar-refractivity contribution in [1.29, 1.82) is 10.5 Å². The molecule has 334 valence electrons. The summed E-state index contributed by atoms with van der Waals surface area (Å²) in [7, 11) is 0. The quantitative estimate of drug-likeness (QED) is 0.0710. The largest absolute Gasteiger partial charge is 0.477 e. The SMILES string of the molecule is Cc1cc2c(-c3ccc(/C=C(/C#N)C(=O)O)s3)ccc(N(c3ccc(C=C(c4ccccc4)c4ccccc4)cc3)c3ccc(-c4ccc(/C=C(/C#N)C(=O)O)s4)c4cc(C)c(C)cc34)c2cc1C. The molecule has 0 saturated carbocycles. The first-order valence-electron chi connectivity index (χ1n) is 22.1. The van der Waals surface area contributed by atoms with Gasteiger partial charge in [-0.05, 0) is 173 Å². The Morgan fingerprint density at radius 3 is 1.29 bits per heavy atom. The molecule has 0 bridgehead atoms. The van der Waals surface area contributed by atoms with Crippen LogP contribution in [0.4, 0.5) is 17.1 Å². The van der Waals surface area contributed by atoms with Crippen LogP contribution in [0.15, 0.2) is 169 Å². The number of carboxylic acid groups (broad SMARTS) is 2. The Morgan fingerprint density at radius 1 is 0.493 bits per heavy atom. The fourth-order valence-corrected chi connectivity index (χ4v) is 10.6. The molecule has 0 aliphatic carbocycles. The molecule has 9 rings (SSSR count). The minimum atomic E-state index is -1.27. The molecule has 0 aliphatic heterocycles. The van der Waals surface area contributed by atoms with E-state index in [1.54, 1.807) is 12.1 Å². The van der Waals surface area contributed by atoms with Crippen molar-refractivity contribution in [2.75, 3.05) is 4.90 Å². The Labute approximate surface area is 408 Å². The number of fused-ring (bicyclic) bond motifs is 2. The number of carboxylic acids is 2. The maximum absolute atomic E-state index is 11.7. The van der Waals surface area contributed by atoms with E-state index in [4.69, 9.17) is 0 Å². The lowest BCUT2D eigenvalue weighted by molar-refractivity contribution is -0.133. The van der Waals surface area contributed by atoms with E-state index in [0.717, 1.165) is 104 Å². The van der Waals surface area contributed by atoms with Crippen LogP contribution in [0.3, 0.4) is 0 Å². The van der Waals surface area contributed by atoms with Crippen molar-refractivity contribution in [3.63, 3.8) is 0 Å². The van der Waals surface area contributed by atoms with E-state index in [2.05, 4.69) is 160 Å². The number of thiophene rings is 2. The molecule has 2 aromatic heterocycles. The van der Waals surface area contributed by atoms with Gasteiger partial charge in [0.2, 0.25) is 0 Å². The monoisotopic (exact) mass is 933 g/mol. The van der Waals surface area contributed by atoms with Gasteiger partial charge in [0.15, 0.2) is 0 Å². The minimum Gasteiger partial charge on any atom is -0.477 e. The standard InChI is InChI=1S/C60H43N3O4S2/c1-36-27-51-48(57-25-19-46(68-57)32-43(34-61)59(64)65)21-23-55(53(51)29-38(36)3)63(45-17-15-40(16-18-45)31-50(41-11-7-5-8-12-41)42-13-9-6-10-14-42)56-24-22-49(52-28-37(2)39(4)30-54(52)56)58-26-20-47(69-58)33-44(35-62)60(66)67/h5-33H,1-4H3,(H,64,65)(H,66,67)/b43-32-,44-33-. The van der Waals surface area contributed by atoms with Gasteiger partial charge in [-0.25, -0.2) is 9.59 Å². The van der Waals surface area contributed by atoms with Crippen LogP contribution < -0.4 is 4.90 Å². The maximum atomic E-state index is 11.7. The molecule has 9 heteroatoms. The first kappa shape index (κ1) is 45.6. The lowest BCUT2D eigenvalue weighted by Gasteiger charge is -2.30. The molecule has 0 fully saturated rings. The number of nitrogens with zero attached hydrogens (tertiary/aromatic N) is 3. The summed E-state index contributed by atoms with van der Waals surface area (Å²) in [5, 5.41) is 42.2. The number of carbonyl (C=O) groups is 2. The lowest BCUT2D eigenvalue weighted by Crippen LogP contribution is -2.12. The maximum Gasteiger partial charge on any atom is 0.346 e. The molecular formula is C60H43N3O4S2. The van der Waals surface area contributed by atoms with Crippen LogP contribution in [-0.4, -0.2) is 22.2 Å². The van der Waals surface area contributed by atoms with E-state index >= 15 is 0 Å². The Kier molecular flexibility index (Phi) is 12.8. The normalized spacial score (nSPS) is 11.6. The molecule has 9 aromatic rings. The smallest absolute Gasteiger partial charge is 0.346 e. The van der Waals surface area contributed by atoms with Gasteiger partial charge in [0.05, 0.1) is 11.4 Å². The first-order valence-corrected chi connectivity index (χ1v) is 23.7. The summed E-state index contributed by atoms with van der Waals surface area (Å²) < 4.78 is 0. The van der Waals surface area contributed by atoms with Crippen molar-refractivity contribution in [3.05, 3.63) is 218 Å². The molecule has 0 unspecified atom stereocenters. The summed E-state index contributed by atoms with van der Waals surface area (Å²) >= 11 is 2.87. The van der Waals surface area contributed by atoms with Crippen LogP contribution in [0.2, 0.25) is 0 Å². The Morgan fingerprint density at radius 2 is 0.899 bits per heavy atom. The molecule has 0 spiro atoms. The van der Waals surface area contributed by atoms with Crippen LogP contribution in [0.25, 0.3) is 66.2 Å². The third-order valence-corrected chi connectivity index (χ3v) is 14.5. The second-order valence-electron chi connectivity index (χ2n) is 16.8. The highest BCUT2D eigenvalue weighted by Gasteiger charge is 2.23. The van der Waals surface area contributed by atoms with Crippen molar-refractivity contribution in [2.24, 2.45) is 0 Å². The van der Waals surface area contributed by atoms with Crippen LogP contribution in [0.1, 0.15) is 48.7 Å². The predicted molar refractivity (Wildman–Crippen MR) is 284 cm³/mol. The van der Waals surface area contributed by atoms with Gasteiger partial charge < -0.3 is 15.1 Å². The van der Waals surface area contributed by atoms with Gasteiger partial charge in [-0.15, -0.1) is 22.7 Å². The molecule has 0 atom stereocenters. The van der Waals surface area contributed by atoms with Gasteiger partial charge in [0, 0.05) is 36.0 Å². The van der Waals surface area contributed by atoms with Gasteiger partial charge in [0.1, 0.15) is 23.3 Å². The molecule has 7 nitrogen and oxygen atoms in total. The van der Waals surface area contributed by atoms with E-state index in [-0.39, 0.29) is 11.1 Å². The summed E-state index contributed by atoms with van der Waals surface area (Å²) in [6.07, 6.45) is 5.06. The van der Waals surface area contributed by atoms with Crippen LogP contribution >= 0.6 is 22.7 Å². The molecular weight excluding hydrogens is 891 g/mol. The highest BCUT2D eigenvalue weighted by molar-refractivity contribution is 7.16. The minimum absolute atomic E-state index is 0.324. The van der Waals surface area contributed by atoms with Crippen molar-refractivity contribution in [1.82, 2.24) is 0 Å². The molecule has 0 saturated heterocycles. The number of aryl methyl sites for hydroxylation is 4. The number of anilines is 3. The zero-order valence-electron chi connectivity index (χ0n) is 38.1. The summed E-state index contributed by atoms with van der Waals surface area (Å²) in [4.78, 5) is 29.0. The van der Waals surface area contributed by atoms with E-state index in [9.17, 15) is 30.3 Å². The van der Waals surface area contributed by atoms with E-state index in [0.29, 0.717) is 9.75 Å². The number of rotatable bonds is 12.